The Labute approximate surface area is 194 Å². The fourth-order valence-electron chi connectivity index (χ4n) is 4.40. The van der Waals surface area contributed by atoms with Gasteiger partial charge in [0.15, 0.2) is 5.88 Å². The van der Waals surface area contributed by atoms with E-state index in [4.69, 9.17) is 14.2 Å². The number of ether oxygens (including phenoxy) is 3. The Morgan fingerprint density at radius 3 is 2.53 bits per heavy atom. The first-order chi connectivity index (χ1) is 15.7. The average Bonchev–Trinajstić information content (AvgIpc) is 3.50. The number of aromatic nitrogens is 2. The molecule has 2 atom stereocenters. The lowest BCUT2D eigenvalue weighted by atomic mass is 10.0. The first-order valence-corrected chi connectivity index (χ1v) is 11.6. The molecule has 0 bridgehead atoms. The summed E-state index contributed by atoms with van der Waals surface area (Å²) < 4.78 is 19.2. The van der Waals surface area contributed by atoms with Gasteiger partial charge in [0.05, 0.1) is 32.7 Å². The molecule has 0 N–H and O–H groups in total. The molecule has 2 aromatic heterocycles. The number of halogens is 1. The van der Waals surface area contributed by atoms with E-state index < -0.39 is 0 Å². The highest BCUT2D eigenvalue weighted by molar-refractivity contribution is 6.15. The second-order valence-corrected chi connectivity index (χ2v) is 7.83. The topological polar surface area (TPSA) is 68.8 Å². The van der Waals surface area contributed by atoms with Crippen LogP contribution in [-0.2, 0) is 0 Å². The predicted molar refractivity (Wildman–Crippen MR) is 127 cm³/mol. The van der Waals surface area contributed by atoms with Crippen LogP contribution in [0.25, 0.3) is 16.9 Å². The number of imidazole rings is 1. The zero-order valence-corrected chi connectivity index (χ0v) is 19.9. The van der Waals surface area contributed by atoms with Crippen LogP contribution in [0.5, 0.6) is 17.4 Å². The van der Waals surface area contributed by atoms with Gasteiger partial charge in [0.25, 0.3) is 0 Å². The van der Waals surface area contributed by atoms with Gasteiger partial charge in [-0.25, -0.2) is 4.98 Å². The summed E-state index contributed by atoms with van der Waals surface area (Å²) in [4.78, 5) is 4.49. The van der Waals surface area contributed by atoms with Crippen molar-refractivity contribution >= 4 is 17.2 Å². The number of methoxy groups -OCH3 is 2. The molecule has 0 spiro atoms. The van der Waals surface area contributed by atoms with Crippen LogP contribution in [-0.4, -0.2) is 36.6 Å². The highest BCUT2D eigenvalue weighted by Crippen LogP contribution is 2.38. The van der Waals surface area contributed by atoms with Crippen LogP contribution in [0.15, 0.2) is 36.5 Å². The highest BCUT2D eigenvalue weighted by atomic mass is 35.5. The van der Waals surface area contributed by atoms with Crippen molar-refractivity contribution in [2.45, 2.75) is 32.6 Å². The molecule has 1 aliphatic carbocycles. The van der Waals surface area contributed by atoms with Gasteiger partial charge in [0.1, 0.15) is 28.8 Å². The highest BCUT2D eigenvalue weighted by Gasteiger charge is 2.25. The van der Waals surface area contributed by atoms with E-state index in [1.54, 1.807) is 20.4 Å². The number of rotatable bonds is 7. The molecule has 4 rings (SSSR count). The van der Waals surface area contributed by atoms with Crippen molar-refractivity contribution < 1.29 is 14.2 Å². The maximum Gasteiger partial charge on any atom is 0.199 e. The minimum atomic E-state index is 0.423. The maximum absolute atomic E-state index is 9.73. The van der Waals surface area contributed by atoms with Crippen molar-refractivity contribution in [1.29, 1.82) is 5.26 Å². The first kappa shape index (κ1) is 23.7. The summed E-state index contributed by atoms with van der Waals surface area (Å²) in [5, 5.41) is 9.73. The van der Waals surface area contributed by atoms with Crippen molar-refractivity contribution in [2.75, 3.05) is 27.2 Å². The molecule has 0 amide bonds. The van der Waals surface area contributed by atoms with E-state index >= 15 is 0 Å². The molecule has 3 aromatic rings. The van der Waals surface area contributed by atoms with Gasteiger partial charge in [-0.2, -0.15) is 5.26 Å². The number of hydrogen-bond donors (Lipinski definition) is 0. The normalized spacial score (nSPS) is 17.4. The average molecular weight is 456 g/mol. The number of pyridine rings is 1. The third-order valence-corrected chi connectivity index (χ3v) is 6.10. The van der Waals surface area contributed by atoms with E-state index in [2.05, 4.69) is 29.6 Å². The predicted octanol–water partition coefficient (Wildman–Crippen LogP) is 5.95. The van der Waals surface area contributed by atoms with Gasteiger partial charge >= 0.3 is 0 Å². The molecule has 2 unspecified atom stereocenters. The number of hydrogen-bond acceptors (Lipinski definition) is 5. The summed E-state index contributed by atoms with van der Waals surface area (Å²) in [6, 6.07) is 11.7. The fourth-order valence-corrected chi connectivity index (χ4v) is 4.40. The Kier molecular flexibility index (Phi) is 8.24. The summed E-state index contributed by atoms with van der Waals surface area (Å²) in [5.41, 5.74) is 2.91. The van der Waals surface area contributed by atoms with Gasteiger partial charge in [-0.15, -0.1) is 11.6 Å². The number of fused-ring (bicyclic) bond motifs is 1. The molecule has 1 aromatic carbocycles. The second-order valence-electron chi connectivity index (χ2n) is 7.83. The van der Waals surface area contributed by atoms with Crippen LogP contribution >= 0.6 is 11.6 Å². The lowest BCUT2D eigenvalue weighted by Crippen LogP contribution is -2.10. The van der Waals surface area contributed by atoms with Crippen molar-refractivity contribution in [3.05, 3.63) is 42.1 Å². The SMILES string of the molecule is CCC1CCC(COc2cc(-c3cnc4cccc(OC)n34)cc(OC)c2C#N)C1.CCl. The van der Waals surface area contributed by atoms with Crippen LogP contribution in [0.1, 0.15) is 38.2 Å². The van der Waals surface area contributed by atoms with E-state index in [9.17, 15) is 5.26 Å². The van der Waals surface area contributed by atoms with E-state index in [1.807, 2.05) is 34.7 Å². The molecule has 170 valence electrons. The Morgan fingerprint density at radius 2 is 1.88 bits per heavy atom. The molecule has 32 heavy (non-hydrogen) atoms. The van der Waals surface area contributed by atoms with Gasteiger partial charge < -0.3 is 14.2 Å². The summed E-state index contributed by atoms with van der Waals surface area (Å²) in [6.07, 6.45) is 8.13. The van der Waals surface area contributed by atoms with Gasteiger partial charge in [-0.05, 0) is 48.9 Å². The van der Waals surface area contributed by atoms with Crippen LogP contribution < -0.4 is 14.2 Å². The summed E-state index contributed by atoms with van der Waals surface area (Å²) >= 11 is 4.64. The van der Waals surface area contributed by atoms with Crippen molar-refractivity contribution in [3.8, 4) is 34.7 Å². The van der Waals surface area contributed by atoms with Crippen molar-refractivity contribution in [3.63, 3.8) is 0 Å². The smallest absolute Gasteiger partial charge is 0.199 e. The molecule has 1 saturated carbocycles. The quantitative estimate of drug-likeness (QED) is 0.412. The molecule has 2 heterocycles. The minimum Gasteiger partial charge on any atom is -0.495 e. The second kappa shape index (κ2) is 11.1. The number of nitrogens with zero attached hydrogens (tertiary/aromatic N) is 3. The van der Waals surface area contributed by atoms with Crippen molar-refractivity contribution in [1.82, 2.24) is 9.38 Å². The standard InChI is InChI=1S/C24H27N3O3.CH3Cl/c1-4-16-8-9-17(10-16)15-30-22-12-18(11-21(28-2)19(22)13-25)20-14-26-23-6-5-7-24(29-3)27(20)23;1-2/h5-7,11-12,14,16-17H,4,8-10,15H2,1-3H3;1H3. The number of alkyl halides is 1. The van der Waals surface area contributed by atoms with E-state index in [-0.39, 0.29) is 0 Å². The molecule has 1 aliphatic rings. The Bertz CT molecular complexity index is 1090. The largest absolute Gasteiger partial charge is 0.495 e. The summed E-state index contributed by atoms with van der Waals surface area (Å²) in [7, 11) is 3.21. The zero-order chi connectivity index (χ0) is 23.1. The first-order valence-electron chi connectivity index (χ1n) is 10.8. The number of nitriles is 1. The minimum absolute atomic E-state index is 0.423. The van der Waals surface area contributed by atoms with Crippen LogP contribution in [0.4, 0.5) is 0 Å². The Balaban J connectivity index is 0.00000141. The summed E-state index contributed by atoms with van der Waals surface area (Å²) in [5.74, 6) is 3.05. The third kappa shape index (κ3) is 4.78. The van der Waals surface area contributed by atoms with Crippen molar-refractivity contribution in [2.24, 2.45) is 11.8 Å². The monoisotopic (exact) mass is 455 g/mol. The molecule has 0 aliphatic heterocycles. The molecular formula is C25H30ClN3O3. The van der Waals surface area contributed by atoms with Gasteiger partial charge in [-0.1, -0.05) is 25.8 Å². The van der Waals surface area contributed by atoms with E-state index in [1.165, 1.54) is 32.1 Å². The fraction of sp³-hybridized carbons (Fsp3) is 0.440. The Morgan fingerprint density at radius 1 is 1.12 bits per heavy atom. The lowest BCUT2D eigenvalue weighted by molar-refractivity contribution is 0.246. The Hall–Kier alpha value is -2.91. The van der Waals surface area contributed by atoms with Crippen LogP contribution in [0.2, 0.25) is 0 Å². The van der Waals surface area contributed by atoms with Crippen LogP contribution in [0, 0.1) is 23.2 Å². The maximum atomic E-state index is 9.73. The zero-order valence-electron chi connectivity index (χ0n) is 19.1. The molecular weight excluding hydrogens is 426 g/mol. The number of benzene rings is 1. The lowest BCUT2D eigenvalue weighted by Gasteiger charge is -2.16. The molecule has 0 saturated heterocycles. The van der Waals surface area contributed by atoms with Gasteiger partial charge in [-0.3, -0.25) is 4.40 Å². The molecule has 0 radical (unpaired) electrons. The molecule has 6 nitrogen and oxygen atoms in total. The molecule has 1 fully saturated rings. The third-order valence-electron chi connectivity index (χ3n) is 6.10. The van der Waals surface area contributed by atoms with Gasteiger partial charge in [0.2, 0.25) is 0 Å². The summed E-state index contributed by atoms with van der Waals surface area (Å²) in [6.45, 7) is 2.87. The van der Waals surface area contributed by atoms with E-state index in [0.717, 1.165) is 22.8 Å². The van der Waals surface area contributed by atoms with Crippen LogP contribution in [0.3, 0.4) is 0 Å². The molecule has 7 heteroatoms. The van der Waals surface area contributed by atoms with Gasteiger partial charge in [0, 0.05) is 11.9 Å². The van der Waals surface area contributed by atoms with E-state index in [0.29, 0.717) is 35.5 Å².